The molecule has 0 fully saturated rings. The van der Waals surface area contributed by atoms with Crippen LogP contribution in [0.4, 0.5) is 13.2 Å². The zero-order chi connectivity index (χ0) is 32.3. The van der Waals surface area contributed by atoms with Crippen LogP contribution in [0.25, 0.3) is 44.2 Å². The summed E-state index contributed by atoms with van der Waals surface area (Å²) in [6.45, 7) is 8.28. The number of halogens is 3. The second kappa shape index (κ2) is 11.0. The molecular weight excluding hydrogens is 624 g/mol. The standard InChI is InChI=1S/C32H30F3N3O5SSi/c1-20-16-25(32(33,34)35)28-27(17-20)43-31(39)24-18-26(37(29(24)28)19-42-14-15-45(2,3)4)22-10-12-36-30-23(22)11-13-38(30)44(40,41)21-8-6-5-7-9-21/h5-13,16-18H,14-15,19H2,1-4H3. The summed E-state index contributed by atoms with van der Waals surface area (Å²) in [7, 11) is -5.51. The molecule has 0 N–H and O–H groups in total. The van der Waals surface area contributed by atoms with E-state index < -0.39 is 35.5 Å². The van der Waals surface area contributed by atoms with Crippen LogP contribution in [0.15, 0.2) is 87.2 Å². The summed E-state index contributed by atoms with van der Waals surface area (Å²) in [6, 6.07) is 15.8. The Labute approximate surface area is 257 Å². The van der Waals surface area contributed by atoms with Crippen molar-refractivity contribution in [2.45, 2.75) is 50.4 Å². The highest BCUT2D eigenvalue weighted by atomic mass is 32.2. The average Bonchev–Trinajstić information content (AvgIpc) is 3.57. The van der Waals surface area contributed by atoms with Gasteiger partial charge in [-0.2, -0.15) is 13.2 Å². The third-order valence-corrected chi connectivity index (χ3v) is 11.0. The van der Waals surface area contributed by atoms with Crippen LogP contribution in [0.1, 0.15) is 11.1 Å². The lowest BCUT2D eigenvalue weighted by molar-refractivity contribution is -0.136. The van der Waals surface area contributed by atoms with Gasteiger partial charge in [0.15, 0.2) is 5.65 Å². The lowest BCUT2D eigenvalue weighted by Crippen LogP contribution is -2.22. The van der Waals surface area contributed by atoms with E-state index >= 15 is 0 Å². The molecule has 4 heterocycles. The van der Waals surface area contributed by atoms with Crippen molar-refractivity contribution < 1.29 is 30.7 Å². The first-order chi connectivity index (χ1) is 21.2. The van der Waals surface area contributed by atoms with Gasteiger partial charge in [-0.25, -0.2) is 22.2 Å². The van der Waals surface area contributed by atoms with Crippen LogP contribution >= 0.6 is 0 Å². The van der Waals surface area contributed by atoms with E-state index in [9.17, 15) is 26.4 Å². The number of rotatable bonds is 8. The van der Waals surface area contributed by atoms with E-state index in [4.69, 9.17) is 9.15 Å². The first kappa shape index (κ1) is 30.8. The summed E-state index contributed by atoms with van der Waals surface area (Å²) in [5, 5.41) is 0.114. The van der Waals surface area contributed by atoms with Crippen molar-refractivity contribution in [1.82, 2.24) is 13.5 Å². The molecule has 13 heteroatoms. The molecule has 0 amide bonds. The Bertz CT molecular complexity index is 2250. The zero-order valence-electron chi connectivity index (χ0n) is 25.0. The molecule has 2 aromatic carbocycles. The van der Waals surface area contributed by atoms with Crippen LogP contribution in [-0.4, -0.2) is 36.6 Å². The van der Waals surface area contributed by atoms with Gasteiger partial charge in [0, 0.05) is 38.0 Å². The molecule has 0 unspecified atom stereocenters. The Morgan fingerprint density at radius 3 is 2.42 bits per heavy atom. The monoisotopic (exact) mass is 653 g/mol. The molecule has 0 saturated carbocycles. The van der Waals surface area contributed by atoms with E-state index in [-0.39, 0.29) is 39.1 Å². The van der Waals surface area contributed by atoms with Crippen LogP contribution in [0.2, 0.25) is 25.7 Å². The topological polar surface area (TPSA) is 96.3 Å². The summed E-state index contributed by atoms with van der Waals surface area (Å²) in [5.74, 6) is 0. The fourth-order valence-corrected chi connectivity index (χ4v) is 7.54. The first-order valence-corrected chi connectivity index (χ1v) is 19.3. The van der Waals surface area contributed by atoms with Crippen molar-refractivity contribution in [3.05, 3.63) is 94.6 Å². The molecule has 234 valence electrons. The minimum Gasteiger partial charge on any atom is -0.422 e. The summed E-state index contributed by atoms with van der Waals surface area (Å²) in [4.78, 5) is 17.7. The number of aromatic nitrogens is 3. The van der Waals surface area contributed by atoms with Crippen molar-refractivity contribution in [2.24, 2.45) is 0 Å². The largest absolute Gasteiger partial charge is 0.422 e. The maximum absolute atomic E-state index is 14.5. The van der Waals surface area contributed by atoms with Gasteiger partial charge in [0.2, 0.25) is 0 Å². The molecule has 6 aromatic rings. The Morgan fingerprint density at radius 2 is 1.73 bits per heavy atom. The van der Waals surface area contributed by atoms with Gasteiger partial charge >= 0.3 is 11.8 Å². The number of benzene rings is 2. The molecule has 0 aliphatic heterocycles. The summed E-state index contributed by atoms with van der Waals surface area (Å²) < 4.78 is 84.5. The molecule has 45 heavy (non-hydrogen) atoms. The van der Waals surface area contributed by atoms with Gasteiger partial charge in [0.1, 0.15) is 12.3 Å². The molecule has 0 atom stereocenters. The van der Waals surface area contributed by atoms with Gasteiger partial charge in [0.25, 0.3) is 10.0 Å². The van der Waals surface area contributed by atoms with Crippen molar-refractivity contribution in [1.29, 1.82) is 0 Å². The van der Waals surface area contributed by atoms with E-state index in [1.807, 2.05) is 0 Å². The lowest BCUT2D eigenvalue weighted by Gasteiger charge is -2.18. The average molecular weight is 654 g/mol. The predicted octanol–water partition coefficient (Wildman–Crippen LogP) is 7.64. The van der Waals surface area contributed by atoms with Gasteiger partial charge < -0.3 is 13.7 Å². The normalized spacial score (nSPS) is 13.0. The minimum atomic E-state index is -4.74. The predicted molar refractivity (Wildman–Crippen MR) is 170 cm³/mol. The van der Waals surface area contributed by atoms with Crippen LogP contribution in [0, 0.1) is 6.92 Å². The zero-order valence-corrected chi connectivity index (χ0v) is 26.8. The van der Waals surface area contributed by atoms with Gasteiger partial charge in [0.05, 0.1) is 32.4 Å². The summed E-state index contributed by atoms with van der Waals surface area (Å²) >= 11 is 0. The second-order valence-electron chi connectivity index (χ2n) is 12.2. The Hall–Kier alpha value is -4.20. The van der Waals surface area contributed by atoms with Crippen molar-refractivity contribution in [3.8, 4) is 11.3 Å². The molecule has 4 aromatic heterocycles. The van der Waals surface area contributed by atoms with Crippen molar-refractivity contribution >= 4 is 51.0 Å². The number of alkyl halides is 3. The quantitative estimate of drug-likeness (QED) is 0.0952. The SMILES string of the molecule is Cc1cc(C(F)(F)F)c2c(c1)oc(=O)c1cc(-c3ccnc4c3ccn4S(=O)(=O)c3ccccc3)n(COCC[Si](C)(C)C)c12. The number of pyridine rings is 1. The minimum absolute atomic E-state index is 0.0258. The van der Waals surface area contributed by atoms with Crippen LogP contribution in [0.5, 0.6) is 0 Å². The molecule has 0 saturated heterocycles. The number of hydrogen-bond donors (Lipinski definition) is 0. The van der Waals surface area contributed by atoms with E-state index in [0.29, 0.717) is 28.8 Å². The lowest BCUT2D eigenvalue weighted by atomic mass is 10.0. The fourth-order valence-electron chi connectivity index (χ4n) is 5.46. The van der Waals surface area contributed by atoms with Gasteiger partial charge in [-0.05, 0) is 61.0 Å². The van der Waals surface area contributed by atoms with E-state index in [0.717, 1.165) is 16.1 Å². The van der Waals surface area contributed by atoms with E-state index in [2.05, 4.69) is 24.6 Å². The highest BCUT2D eigenvalue weighted by molar-refractivity contribution is 7.90. The van der Waals surface area contributed by atoms with Crippen LogP contribution in [-0.2, 0) is 27.7 Å². The third-order valence-electron chi connectivity index (χ3n) is 7.66. The van der Waals surface area contributed by atoms with Crippen LogP contribution < -0.4 is 5.63 Å². The molecule has 8 nitrogen and oxygen atoms in total. The summed E-state index contributed by atoms with van der Waals surface area (Å²) in [6.07, 6.45) is -1.93. The number of aryl methyl sites for hydroxylation is 1. The number of hydrogen-bond acceptors (Lipinski definition) is 6. The summed E-state index contributed by atoms with van der Waals surface area (Å²) in [5.41, 5.74) is -0.665. The highest BCUT2D eigenvalue weighted by Gasteiger charge is 2.35. The second-order valence-corrected chi connectivity index (χ2v) is 19.6. The molecule has 0 aliphatic rings. The Balaban J connectivity index is 1.63. The fraction of sp³-hybridized carbons (Fsp3) is 0.250. The molecule has 0 aliphatic carbocycles. The van der Waals surface area contributed by atoms with Gasteiger partial charge in [-0.3, -0.25) is 0 Å². The Morgan fingerprint density at radius 1 is 1.00 bits per heavy atom. The molecule has 6 rings (SSSR count). The molecular formula is C32H30F3N3O5SSi. The smallest absolute Gasteiger partial charge is 0.417 e. The molecule has 0 radical (unpaired) electrons. The number of ether oxygens (including phenoxy) is 1. The maximum atomic E-state index is 14.5. The third kappa shape index (κ3) is 5.60. The van der Waals surface area contributed by atoms with Crippen LogP contribution in [0.3, 0.4) is 0 Å². The number of fused-ring (bicyclic) bond motifs is 4. The van der Waals surface area contributed by atoms with E-state index in [1.54, 1.807) is 34.9 Å². The first-order valence-electron chi connectivity index (χ1n) is 14.2. The maximum Gasteiger partial charge on any atom is 0.417 e. The van der Waals surface area contributed by atoms with Gasteiger partial charge in [-0.15, -0.1) is 0 Å². The number of nitrogens with zero attached hydrogens (tertiary/aromatic N) is 3. The molecule has 0 spiro atoms. The van der Waals surface area contributed by atoms with Gasteiger partial charge in [-0.1, -0.05) is 37.8 Å². The van der Waals surface area contributed by atoms with Crippen molar-refractivity contribution in [2.75, 3.05) is 6.61 Å². The molecule has 0 bridgehead atoms. The van der Waals surface area contributed by atoms with E-state index in [1.165, 1.54) is 43.6 Å². The Kier molecular flexibility index (Phi) is 7.53. The highest BCUT2D eigenvalue weighted by Crippen LogP contribution is 2.41. The van der Waals surface area contributed by atoms with Crippen molar-refractivity contribution in [3.63, 3.8) is 0 Å².